The van der Waals surface area contributed by atoms with Gasteiger partial charge in [0.15, 0.2) is 5.82 Å². The van der Waals surface area contributed by atoms with E-state index in [4.69, 9.17) is 19.2 Å². The number of benzene rings is 7. The van der Waals surface area contributed by atoms with Crippen molar-refractivity contribution in [2.45, 2.75) is 32.7 Å². The van der Waals surface area contributed by atoms with Gasteiger partial charge in [-0.3, -0.25) is 18.7 Å². The second kappa shape index (κ2) is 19.4. The van der Waals surface area contributed by atoms with E-state index in [-0.39, 0.29) is 59.3 Å². The highest BCUT2D eigenvalue weighted by atomic mass is 32.2. The minimum atomic E-state index is -4.35. The molecule has 16 heteroatoms. The summed E-state index contributed by atoms with van der Waals surface area (Å²) in [4.78, 5) is 44.5. The zero-order valence-corrected chi connectivity index (χ0v) is 40.2. The fourth-order valence-electron chi connectivity index (χ4n) is 9.27. The first-order valence-electron chi connectivity index (χ1n) is 23.7. The van der Waals surface area contributed by atoms with Crippen LogP contribution in [0.15, 0.2) is 175 Å². The third kappa shape index (κ3) is 9.72. The Bertz CT molecular complexity index is 3740. The van der Waals surface area contributed by atoms with Gasteiger partial charge in [-0.2, -0.15) is 13.4 Å². The maximum absolute atomic E-state index is 16.3. The summed E-state index contributed by atoms with van der Waals surface area (Å²) >= 11 is 0. The van der Waals surface area contributed by atoms with Crippen LogP contribution in [0, 0.1) is 17.7 Å². The first-order valence-corrected chi connectivity index (χ1v) is 25.1. The van der Waals surface area contributed by atoms with E-state index in [1.807, 2.05) is 126 Å². The van der Waals surface area contributed by atoms with Gasteiger partial charge in [0.05, 0.1) is 11.0 Å². The van der Waals surface area contributed by atoms with Crippen molar-refractivity contribution in [2.24, 2.45) is 18.9 Å². The van der Waals surface area contributed by atoms with Crippen LogP contribution in [-0.2, 0) is 53.1 Å². The number of hydrogen-bond donors (Lipinski definition) is 2. The normalized spacial score (nSPS) is 15.8. The summed E-state index contributed by atoms with van der Waals surface area (Å²) in [6.45, 7) is -0.0249. The van der Waals surface area contributed by atoms with Gasteiger partial charge >= 0.3 is 15.9 Å². The Morgan fingerprint density at radius 3 is 2.01 bits per heavy atom. The number of aromatic nitrogens is 3. The number of nitrogens with one attached hydrogen (secondary N) is 2. The number of aryl methyl sites for hydroxylation is 1. The number of halogens is 1. The van der Waals surface area contributed by atoms with Gasteiger partial charge in [-0.15, -0.1) is 0 Å². The fraction of sp³-hybridized carbons (Fsp3) is 0.158. The van der Waals surface area contributed by atoms with E-state index in [1.165, 1.54) is 12.1 Å². The highest BCUT2D eigenvalue weighted by molar-refractivity contribution is 7.92. The van der Waals surface area contributed by atoms with Gasteiger partial charge in [0, 0.05) is 30.1 Å². The van der Waals surface area contributed by atoms with Crippen LogP contribution in [-0.4, -0.2) is 40.9 Å². The lowest BCUT2D eigenvalue weighted by atomic mass is 10.0. The van der Waals surface area contributed by atoms with Crippen molar-refractivity contribution in [2.75, 3.05) is 16.2 Å². The number of anilines is 2. The van der Waals surface area contributed by atoms with Gasteiger partial charge in [0.1, 0.15) is 43.5 Å². The molecule has 9 aromatic rings. The molecule has 0 radical (unpaired) electrons. The Balaban J connectivity index is 0.775. The molecule has 0 bridgehead atoms. The summed E-state index contributed by atoms with van der Waals surface area (Å²) in [7, 11) is -2.61. The maximum atomic E-state index is 16.3. The molecule has 2 fully saturated rings. The number of nitrogens with zero attached hydrogens (tertiary/aromatic N) is 4. The molecule has 2 N–H and O–H groups in total. The molecule has 1 saturated carbocycles. The summed E-state index contributed by atoms with van der Waals surface area (Å²) in [5, 5.41) is 3.45. The number of amides is 2. The van der Waals surface area contributed by atoms with Crippen LogP contribution in [0.1, 0.15) is 28.7 Å². The molecule has 11 rings (SSSR count). The highest BCUT2D eigenvalue weighted by Crippen LogP contribution is 2.44. The molecule has 0 spiro atoms. The molecule has 1 saturated heterocycles. The average molecular weight is 995 g/mol. The molecule has 1 aliphatic heterocycles. The predicted molar refractivity (Wildman–Crippen MR) is 276 cm³/mol. The number of imidazole rings is 1. The lowest BCUT2D eigenvalue weighted by Crippen LogP contribution is -2.30. The lowest BCUT2D eigenvalue weighted by molar-refractivity contribution is -0.118. The van der Waals surface area contributed by atoms with Crippen LogP contribution < -0.4 is 34.2 Å². The minimum Gasteiger partial charge on any atom is -0.487 e. The molecule has 3 heterocycles. The van der Waals surface area contributed by atoms with Crippen molar-refractivity contribution in [1.29, 1.82) is 0 Å². The zero-order chi connectivity index (χ0) is 50.2. The summed E-state index contributed by atoms with van der Waals surface area (Å²) in [6.07, 6.45) is 1.39. The van der Waals surface area contributed by atoms with Crippen LogP contribution in [0.25, 0.3) is 38.6 Å². The number of rotatable bonds is 16. The fourth-order valence-corrected chi connectivity index (χ4v) is 10.4. The number of pyridine rings is 1. The topological polar surface area (TPSA) is 163 Å². The Labute approximate surface area is 419 Å². The summed E-state index contributed by atoms with van der Waals surface area (Å²) in [5.74, 6) is -1.38. The summed E-state index contributed by atoms with van der Waals surface area (Å²) in [5.41, 5.74) is 7.38. The van der Waals surface area contributed by atoms with E-state index in [9.17, 15) is 22.8 Å². The monoisotopic (exact) mass is 994 g/mol. The SMILES string of the molecule is Cn1c(=O)n(-c2ccc(OCc3ccccc3)nc2OCc2ccccc2)c2ccc(-c3ccc(C[C@@H]4C[C@H]4C(=O)Nc4ccc5c(F)c(N6CC(=O)NS6(=O)=O)c(OCc6ccccc6)cc5c4)cc3)cc21. The minimum absolute atomic E-state index is 0.0124. The molecule has 1 aliphatic carbocycles. The van der Waals surface area contributed by atoms with E-state index in [2.05, 4.69) is 17.4 Å². The number of ether oxygens (including phenoxy) is 3. The molecule has 366 valence electrons. The smallest absolute Gasteiger partial charge is 0.333 e. The van der Waals surface area contributed by atoms with Crippen molar-refractivity contribution in [1.82, 2.24) is 18.8 Å². The number of fused-ring (bicyclic) bond motifs is 2. The Hall–Kier alpha value is -8.76. The van der Waals surface area contributed by atoms with E-state index >= 15 is 4.39 Å². The number of carbonyl (C=O) groups excluding carboxylic acids is 2. The number of hydrogen-bond acceptors (Lipinski definition) is 9. The first kappa shape index (κ1) is 46.6. The van der Waals surface area contributed by atoms with E-state index in [0.717, 1.165) is 38.9 Å². The van der Waals surface area contributed by atoms with Crippen LogP contribution >= 0.6 is 0 Å². The van der Waals surface area contributed by atoms with Crippen LogP contribution in [0.2, 0.25) is 0 Å². The molecular weight excluding hydrogens is 948 g/mol. The summed E-state index contributed by atoms with van der Waals surface area (Å²) < 4.78 is 66.2. The van der Waals surface area contributed by atoms with Crippen LogP contribution in [0.3, 0.4) is 0 Å². The standard InChI is InChI=1S/C57H47FN6O8S/c1-62-49-30-41(21-24-47(49)64(57(62)67)48-25-26-52(71-34-38-13-7-3-8-14-38)60-56(48)72-35-39-15-9-4-10-16-39)40-19-17-36(18-20-40)27-42-29-46(42)55(66)59-44-22-23-45-43(28-44)31-50(70-33-37-11-5-2-6-12-37)54(53(45)58)63-32-51(65)61-73(63,68)69/h2-26,28,30-31,42,46H,27,29,32-35H2,1H3,(H,59,66)(H,61,65)/t42-,46-/m1/s1. The molecule has 2 amide bonds. The summed E-state index contributed by atoms with van der Waals surface area (Å²) in [6, 6.07) is 52.5. The largest absolute Gasteiger partial charge is 0.487 e. The first-order chi connectivity index (χ1) is 35.5. The lowest BCUT2D eigenvalue weighted by Gasteiger charge is -2.21. The van der Waals surface area contributed by atoms with Gasteiger partial charge in [-0.1, -0.05) is 121 Å². The molecule has 73 heavy (non-hydrogen) atoms. The molecule has 2 atom stereocenters. The van der Waals surface area contributed by atoms with Crippen molar-refractivity contribution in [3.05, 3.63) is 208 Å². The van der Waals surface area contributed by atoms with E-state index < -0.39 is 28.5 Å². The third-order valence-electron chi connectivity index (χ3n) is 13.2. The zero-order valence-electron chi connectivity index (χ0n) is 39.4. The van der Waals surface area contributed by atoms with Crippen molar-refractivity contribution in [3.8, 4) is 34.3 Å². The average Bonchev–Trinajstić information content (AvgIpc) is 4.06. The van der Waals surface area contributed by atoms with Gasteiger partial charge in [-0.05, 0) is 100.0 Å². The molecule has 2 aromatic heterocycles. The van der Waals surface area contributed by atoms with Crippen LogP contribution in [0.4, 0.5) is 15.8 Å². The molecular formula is C57H47FN6O8S. The molecule has 14 nitrogen and oxygen atoms in total. The second-order valence-electron chi connectivity index (χ2n) is 18.2. The van der Waals surface area contributed by atoms with E-state index in [1.54, 1.807) is 40.4 Å². The van der Waals surface area contributed by atoms with Gasteiger partial charge in [0.25, 0.3) is 5.91 Å². The second-order valence-corrected chi connectivity index (χ2v) is 19.8. The maximum Gasteiger partial charge on any atom is 0.333 e. The Morgan fingerprint density at radius 1 is 0.712 bits per heavy atom. The van der Waals surface area contributed by atoms with Gasteiger partial charge in [-0.25, -0.2) is 18.2 Å². The van der Waals surface area contributed by atoms with Crippen molar-refractivity contribution < 1.29 is 36.6 Å². The Morgan fingerprint density at radius 2 is 1.36 bits per heavy atom. The molecule has 0 unspecified atom stereocenters. The third-order valence-corrected chi connectivity index (χ3v) is 14.6. The predicted octanol–water partition coefficient (Wildman–Crippen LogP) is 9.42. The van der Waals surface area contributed by atoms with Gasteiger partial charge in [0.2, 0.25) is 17.7 Å². The van der Waals surface area contributed by atoms with E-state index in [0.29, 0.717) is 51.9 Å². The van der Waals surface area contributed by atoms with Crippen LogP contribution in [0.5, 0.6) is 17.5 Å². The Kier molecular flexibility index (Phi) is 12.4. The molecule has 2 aliphatic rings. The number of carbonyl (C=O) groups is 2. The van der Waals surface area contributed by atoms with Crippen molar-refractivity contribution in [3.63, 3.8) is 0 Å². The quantitative estimate of drug-likeness (QED) is 0.0961. The highest BCUT2D eigenvalue weighted by Gasteiger charge is 2.43. The van der Waals surface area contributed by atoms with Crippen molar-refractivity contribution >= 4 is 55.2 Å². The van der Waals surface area contributed by atoms with Gasteiger partial charge < -0.3 is 19.5 Å². The molecule has 7 aromatic carbocycles.